The lowest BCUT2D eigenvalue weighted by Crippen LogP contribution is -2.09. The Morgan fingerprint density at radius 1 is 0.643 bits per heavy atom. The highest BCUT2D eigenvalue weighted by atomic mass is 14.2. The second-order valence-electron chi connectivity index (χ2n) is 3.38. The van der Waals surface area contributed by atoms with Crippen molar-refractivity contribution in [3.05, 3.63) is 0 Å². The Balaban J connectivity index is -0.000000174. The lowest BCUT2D eigenvalue weighted by molar-refractivity contribution is 0.301. The third kappa shape index (κ3) is 14.5. The van der Waals surface area contributed by atoms with Crippen LogP contribution in [-0.4, -0.2) is 0 Å². The van der Waals surface area contributed by atoms with E-state index in [9.17, 15) is 0 Å². The normalized spacial score (nSPS) is 24.0. The summed E-state index contributed by atoms with van der Waals surface area (Å²) in [5.41, 5.74) is 0. The molecule has 0 N–H and O–H groups in total. The van der Waals surface area contributed by atoms with Gasteiger partial charge in [0, 0.05) is 0 Å². The molecular formula is C14H34. The van der Waals surface area contributed by atoms with E-state index in [1.807, 2.05) is 41.5 Å². The van der Waals surface area contributed by atoms with Gasteiger partial charge in [-0.15, -0.1) is 0 Å². The average molecular weight is 202 g/mol. The summed E-state index contributed by atoms with van der Waals surface area (Å²) in [5.74, 6) is 2.03. The van der Waals surface area contributed by atoms with Crippen LogP contribution in [0.3, 0.4) is 0 Å². The highest BCUT2D eigenvalue weighted by molar-refractivity contribution is 4.66. The second-order valence-corrected chi connectivity index (χ2v) is 3.38. The predicted octanol–water partition coefficient (Wildman–Crippen LogP) is 5.91. The Kier molecular flexibility index (Phi) is 26.1. The summed E-state index contributed by atoms with van der Waals surface area (Å²) in [6.45, 7) is 16.7. The molecule has 2 atom stereocenters. The van der Waals surface area contributed by atoms with Gasteiger partial charge in [-0.25, -0.2) is 0 Å². The standard InChI is InChI=1S/C8H16.3C2H6/c1-7-4-3-5-8(2)6-7;3*1-2/h7-8H,3-6H2,1-2H3;3*1-2H3. The first-order chi connectivity index (χ1) is 6.79. The molecule has 0 heteroatoms. The van der Waals surface area contributed by atoms with Gasteiger partial charge in [0.25, 0.3) is 0 Å². The molecule has 1 saturated carbocycles. The molecule has 0 heterocycles. The Morgan fingerprint density at radius 2 is 0.929 bits per heavy atom. The highest BCUT2D eigenvalue weighted by Gasteiger charge is 2.13. The van der Waals surface area contributed by atoms with Crippen molar-refractivity contribution in [3.8, 4) is 0 Å². The van der Waals surface area contributed by atoms with Crippen molar-refractivity contribution >= 4 is 0 Å². The summed E-state index contributed by atoms with van der Waals surface area (Å²) >= 11 is 0. The van der Waals surface area contributed by atoms with Crippen LogP contribution in [0, 0.1) is 11.8 Å². The quantitative estimate of drug-likeness (QED) is 0.458. The molecule has 0 aromatic rings. The van der Waals surface area contributed by atoms with Gasteiger partial charge in [0.15, 0.2) is 0 Å². The molecule has 0 aromatic carbocycles. The summed E-state index contributed by atoms with van der Waals surface area (Å²) in [4.78, 5) is 0. The Labute approximate surface area is 93.5 Å². The zero-order chi connectivity index (χ0) is 12.0. The van der Waals surface area contributed by atoms with E-state index in [0.29, 0.717) is 0 Å². The molecule has 0 spiro atoms. The predicted molar refractivity (Wildman–Crippen MR) is 70.8 cm³/mol. The molecule has 0 saturated heterocycles. The van der Waals surface area contributed by atoms with Crippen molar-refractivity contribution in [2.75, 3.05) is 0 Å². The van der Waals surface area contributed by atoms with Crippen molar-refractivity contribution < 1.29 is 0 Å². The maximum atomic E-state index is 2.37. The van der Waals surface area contributed by atoms with Gasteiger partial charge in [-0.3, -0.25) is 0 Å². The van der Waals surface area contributed by atoms with Crippen LogP contribution < -0.4 is 0 Å². The van der Waals surface area contributed by atoms with Crippen molar-refractivity contribution in [2.24, 2.45) is 11.8 Å². The molecule has 0 radical (unpaired) electrons. The molecule has 90 valence electrons. The zero-order valence-electron chi connectivity index (χ0n) is 12.0. The molecule has 0 aliphatic heterocycles. The van der Waals surface area contributed by atoms with Gasteiger partial charge >= 0.3 is 0 Å². The van der Waals surface area contributed by atoms with E-state index >= 15 is 0 Å². The van der Waals surface area contributed by atoms with Crippen LogP contribution in [0.1, 0.15) is 81.1 Å². The van der Waals surface area contributed by atoms with Crippen molar-refractivity contribution in [2.45, 2.75) is 81.1 Å². The van der Waals surface area contributed by atoms with E-state index < -0.39 is 0 Å². The largest absolute Gasteiger partial charge is 0.0683 e. The van der Waals surface area contributed by atoms with Gasteiger partial charge in [-0.05, 0) is 18.3 Å². The average Bonchev–Trinajstić information content (AvgIpc) is 2.26. The fraction of sp³-hybridized carbons (Fsp3) is 1.00. The minimum atomic E-state index is 1.01. The molecule has 1 aliphatic rings. The van der Waals surface area contributed by atoms with Crippen molar-refractivity contribution in [1.29, 1.82) is 0 Å². The van der Waals surface area contributed by atoms with Gasteiger partial charge in [0.05, 0.1) is 0 Å². The lowest BCUT2D eigenvalue weighted by atomic mass is 9.84. The Hall–Kier alpha value is 0. The smallest absolute Gasteiger partial charge is 0.0440 e. The number of rotatable bonds is 0. The minimum Gasteiger partial charge on any atom is -0.0683 e. The van der Waals surface area contributed by atoms with Crippen LogP contribution in [0.5, 0.6) is 0 Å². The van der Waals surface area contributed by atoms with Crippen LogP contribution in [0.25, 0.3) is 0 Å². The Morgan fingerprint density at radius 3 is 1.07 bits per heavy atom. The minimum absolute atomic E-state index is 1.01. The van der Waals surface area contributed by atoms with Gasteiger partial charge < -0.3 is 0 Å². The van der Waals surface area contributed by atoms with E-state index in [1.54, 1.807) is 0 Å². The number of hydrogen-bond acceptors (Lipinski definition) is 0. The zero-order valence-corrected chi connectivity index (χ0v) is 12.0. The van der Waals surface area contributed by atoms with Crippen LogP contribution in [0.4, 0.5) is 0 Å². The Bertz CT molecular complexity index is 58.4. The first kappa shape index (κ1) is 19.6. The maximum absolute atomic E-state index is 2.37. The van der Waals surface area contributed by atoms with Crippen LogP contribution in [0.15, 0.2) is 0 Å². The van der Waals surface area contributed by atoms with Crippen LogP contribution in [0.2, 0.25) is 0 Å². The monoisotopic (exact) mass is 202 g/mol. The molecule has 0 aromatic heterocycles. The molecule has 0 amide bonds. The molecule has 14 heavy (non-hydrogen) atoms. The summed E-state index contributed by atoms with van der Waals surface area (Å²) in [6.07, 6.45) is 5.90. The fourth-order valence-corrected chi connectivity index (χ4v) is 1.74. The third-order valence-electron chi connectivity index (χ3n) is 2.20. The van der Waals surface area contributed by atoms with Gasteiger partial charge in [-0.2, -0.15) is 0 Å². The van der Waals surface area contributed by atoms with Crippen LogP contribution >= 0.6 is 0 Å². The van der Waals surface area contributed by atoms with E-state index in [4.69, 9.17) is 0 Å². The van der Waals surface area contributed by atoms with E-state index in [-0.39, 0.29) is 0 Å². The molecule has 0 bridgehead atoms. The second kappa shape index (κ2) is 18.7. The third-order valence-corrected chi connectivity index (χ3v) is 2.20. The first-order valence-electron chi connectivity index (χ1n) is 6.79. The summed E-state index contributed by atoms with van der Waals surface area (Å²) < 4.78 is 0. The SMILES string of the molecule is CC.CC.CC.CC1CCCC(C)C1. The maximum Gasteiger partial charge on any atom is -0.0440 e. The summed E-state index contributed by atoms with van der Waals surface area (Å²) in [7, 11) is 0. The highest BCUT2D eigenvalue weighted by Crippen LogP contribution is 2.27. The van der Waals surface area contributed by atoms with E-state index in [1.165, 1.54) is 25.7 Å². The number of hydrogen-bond donors (Lipinski definition) is 0. The molecule has 1 aliphatic carbocycles. The van der Waals surface area contributed by atoms with Gasteiger partial charge in [0.2, 0.25) is 0 Å². The van der Waals surface area contributed by atoms with E-state index in [0.717, 1.165) is 11.8 Å². The van der Waals surface area contributed by atoms with E-state index in [2.05, 4.69) is 13.8 Å². The summed E-state index contributed by atoms with van der Waals surface area (Å²) in [6, 6.07) is 0. The lowest BCUT2D eigenvalue weighted by Gasteiger charge is -2.22. The first-order valence-corrected chi connectivity index (χ1v) is 6.79. The fourth-order valence-electron chi connectivity index (χ4n) is 1.74. The molecule has 1 rings (SSSR count). The van der Waals surface area contributed by atoms with Gasteiger partial charge in [-0.1, -0.05) is 74.7 Å². The van der Waals surface area contributed by atoms with Crippen molar-refractivity contribution in [1.82, 2.24) is 0 Å². The van der Waals surface area contributed by atoms with Gasteiger partial charge in [0.1, 0.15) is 0 Å². The van der Waals surface area contributed by atoms with Crippen LogP contribution in [-0.2, 0) is 0 Å². The van der Waals surface area contributed by atoms with Crippen molar-refractivity contribution in [3.63, 3.8) is 0 Å². The molecular weight excluding hydrogens is 168 g/mol. The topological polar surface area (TPSA) is 0 Å². The molecule has 2 unspecified atom stereocenters. The summed E-state index contributed by atoms with van der Waals surface area (Å²) in [5, 5.41) is 0. The molecule has 0 nitrogen and oxygen atoms in total. The molecule has 1 fully saturated rings.